The van der Waals surface area contributed by atoms with Gasteiger partial charge in [0.15, 0.2) is 0 Å². The monoisotopic (exact) mass is 305 g/mol. The number of ether oxygens (including phenoxy) is 2. The van der Waals surface area contributed by atoms with Crippen LogP contribution in [0.15, 0.2) is 0 Å². The summed E-state index contributed by atoms with van der Waals surface area (Å²) in [5.41, 5.74) is 0. The molecule has 116 valence electrons. The molecule has 0 saturated carbocycles. The van der Waals surface area contributed by atoms with E-state index in [1.807, 2.05) is 0 Å². The lowest BCUT2D eigenvalue weighted by molar-refractivity contribution is -0.159. The van der Waals surface area contributed by atoms with Crippen molar-refractivity contribution in [3.63, 3.8) is 0 Å². The van der Waals surface area contributed by atoms with Crippen LogP contribution in [0.2, 0.25) is 0 Å². The summed E-state index contributed by atoms with van der Waals surface area (Å²) in [7, 11) is 0. The summed E-state index contributed by atoms with van der Waals surface area (Å²) >= 11 is 1.46. The third-order valence-electron chi connectivity index (χ3n) is 2.23. The smallest absolute Gasteiger partial charge is 0.340 e. The molecule has 1 N–H and O–H groups in total. The van der Waals surface area contributed by atoms with Gasteiger partial charge in [-0.2, -0.15) is 11.8 Å². The Morgan fingerprint density at radius 3 is 2.05 bits per heavy atom. The van der Waals surface area contributed by atoms with Crippen molar-refractivity contribution in [1.82, 2.24) is 5.32 Å². The van der Waals surface area contributed by atoms with Gasteiger partial charge in [0.2, 0.25) is 11.9 Å². The molecule has 1 amide bonds. The van der Waals surface area contributed by atoms with E-state index in [1.165, 1.54) is 11.8 Å². The van der Waals surface area contributed by atoms with E-state index in [9.17, 15) is 14.4 Å². The Bertz CT molecular complexity index is 304. The standard InChI is InChI=1S/C13H23NO5S/c1-4-7-8-20-9-10(15)14-11(12(16)18-5-2)13(17)19-6-3/h11H,4-9H2,1-3H3,(H,14,15). The van der Waals surface area contributed by atoms with Crippen LogP contribution in [0.5, 0.6) is 0 Å². The van der Waals surface area contributed by atoms with E-state index >= 15 is 0 Å². The first-order valence-electron chi connectivity index (χ1n) is 6.77. The van der Waals surface area contributed by atoms with Gasteiger partial charge in [-0.15, -0.1) is 0 Å². The number of thioether (sulfide) groups is 1. The van der Waals surface area contributed by atoms with E-state index < -0.39 is 18.0 Å². The molecule has 0 atom stereocenters. The Kier molecular flexibility index (Phi) is 10.9. The van der Waals surface area contributed by atoms with Crippen LogP contribution < -0.4 is 5.32 Å². The summed E-state index contributed by atoms with van der Waals surface area (Å²) in [5, 5.41) is 2.35. The van der Waals surface area contributed by atoms with Crippen LogP contribution in [0.25, 0.3) is 0 Å². The van der Waals surface area contributed by atoms with Crippen molar-refractivity contribution in [3.8, 4) is 0 Å². The molecule has 0 unspecified atom stereocenters. The van der Waals surface area contributed by atoms with Crippen LogP contribution >= 0.6 is 11.8 Å². The lowest BCUT2D eigenvalue weighted by atomic mass is 10.3. The predicted molar refractivity (Wildman–Crippen MR) is 77.4 cm³/mol. The molecule has 0 aliphatic rings. The third kappa shape index (κ3) is 8.04. The molecule has 0 bridgehead atoms. The normalized spacial score (nSPS) is 10.2. The molecule has 0 aliphatic heterocycles. The maximum Gasteiger partial charge on any atom is 0.340 e. The van der Waals surface area contributed by atoms with E-state index in [1.54, 1.807) is 13.8 Å². The van der Waals surface area contributed by atoms with Crippen LogP contribution in [0.1, 0.15) is 33.6 Å². The number of rotatable bonds is 10. The largest absolute Gasteiger partial charge is 0.464 e. The maximum atomic E-state index is 11.7. The summed E-state index contributed by atoms with van der Waals surface area (Å²) in [6.45, 7) is 5.59. The molecule has 0 aliphatic carbocycles. The minimum atomic E-state index is -1.38. The molecular weight excluding hydrogens is 282 g/mol. The second-order valence-electron chi connectivity index (χ2n) is 3.91. The lowest BCUT2D eigenvalue weighted by Gasteiger charge is -2.15. The van der Waals surface area contributed by atoms with Gasteiger partial charge in [-0.05, 0) is 26.0 Å². The molecule has 0 spiro atoms. The molecule has 0 fully saturated rings. The Morgan fingerprint density at radius 1 is 1.05 bits per heavy atom. The van der Waals surface area contributed by atoms with Gasteiger partial charge in [-0.1, -0.05) is 13.3 Å². The summed E-state index contributed by atoms with van der Waals surface area (Å²) in [5.74, 6) is -0.893. The van der Waals surface area contributed by atoms with Gasteiger partial charge in [0, 0.05) is 0 Å². The average molecular weight is 305 g/mol. The first kappa shape index (κ1) is 18.8. The zero-order valence-electron chi connectivity index (χ0n) is 12.3. The van der Waals surface area contributed by atoms with Gasteiger partial charge in [0.05, 0.1) is 19.0 Å². The van der Waals surface area contributed by atoms with Gasteiger partial charge in [0.25, 0.3) is 0 Å². The van der Waals surface area contributed by atoms with E-state index in [0.29, 0.717) is 0 Å². The molecule has 0 aromatic carbocycles. The van der Waals surface area contributed by atoms with Crippen molar-refractivity contribution in [3.05, 3.63) is 0 Å². The molecule has 0 aromatic rings. The van der Waals surface area contributed by atoms with Crippen molar-refractivity contribution >= 4 is 29.6 Å². The Hall–Kier alpha value is -1.24. The minimum Gasteiger partial charge on any atom is -0.464 e. The van der Waals surface area contributed by atoms with E-state index in [-0.39, 0.29) is 24.9 Å². The molecular formula is C13H23NO5S. The first-order chi connectivity index (χ1) is 9.56. The highest BCUT2D eigenvalue weighted by atomic mass is 32.2. The highest BCUT2D eigenvalue weighted by Gasteiger charge is 2.30. The van der Waals surface area contributed by atoms with Crippen molar-refractivity contribution in [2.24, 2.45) is 0 Å². The summed E-state index contributed by atoms with van der Waals surface area (Å²) in [4.78, 5) is 34.9. The fraction of sp³-hybridized carbons (Fsp3) is 0.769. The maximum absolute atomic E-state index is 11.7. The van der Waals surface area contributed by atoms with Gasteiger partial charge in [0.1, 0.15) is 0 Å². The molecule has 20 heavy (non-hydrogen) atoms. The van der Waals surface area contributed by atoms with Crippen molar-refractivity contribution in [1.29, 1.82) is 0 Å². The van der Waals surface area contributed by atoms with E-state index in [4.69, 9.17) is 9.47 Å². The van der Waals surface area contributed by atoms with Crippen LogP contribution in [-0.2, 0) is 23.9 Å². The number of hydrogen-bond acceptors (Lipinski definition) is 6. The molecule has 0 aromatic heterocycles. The second-order valence-corrected chi connectivity index (χ2v) is 5.02. The lowest BCUT2D eigenvalue weighted by Crippen LogP contribution is -2.48. The molecule has 0 saturated heterocycles. The van der Waals surface area contributed by atoms with Crippen LogP contribution in [0.4, 0.5) is 0 Å². The predicted octanol–water partition coefficient (Wildman–Crippen LogP) is 1.13. The summed E-state index contributed by atoms with van der Waals surface area (Å²) < 4.78 is 9.51. The quantitative estimate of drug-likeness (QED) is 0.370. The SMILES string of the molecule is CCCCSCC(=O)NC(C(=O)OCC)C(=O)OCC. The zero-order chi connectivity index (χ0) is 15.4. The Labute approximate surface area is 124 Å². The van der Waals surface area contributed by atoms with Gasteiger partial charge in [-0.25, -0.2) is 9.59 Å². The molecule has 0 heterocycles. The number of carbonyl (C=O) groups excluding carboxylic acids is 3. The first-order valence-corrected chi connectivity index (χ1v) is 7.92. The van der Waals surface area contributed by atoms with Gasteiger partial charge < -0.3 is 14.8 Å². The summed E-state index contributed by atoms with van der Waals surface area (Å²) in [6.07, 6.45) is 2.08. The Balaban J connectivity index is 4.36. The fourth-order valence-corrected chi connectivity index (χ4v) is 2.19. The van der Waals surface area contributed by atoms with Crippen LogP contribution in [0, 0.1) is 0 Å². The number of amides is 1. The minimum absolute atomic E-state index is 0.135. The molecule has 0 radical (unpaired) electrons. The molecule has 7 heteroatoms. The number of hydrogen-bond donors (Lipinski definition) is 1. The number of esters is 2. The van der Waals surface area contributed by atoms with Gasteiger partial charge >= 0.3 is 11.9 Å². The third-order valence-corrected chi connectivity index (χ3v) is 3.27. The van der Waals surface area contributed by atoms with Crippen LogP contribution in [-0.4, -0.2) is 48.6 Å². The van der Waals surface area contributed by atoms with Gasteiger partial charge in [-0.3, -0.25) is 4.79 Å². The van der Waals surface area contributed by atoms with E-state index in [2.05, 4.69) is 12.2 Å². The Morgan fingerprint density at radius 2 is 1.60 bits per heavy atom. The van der Waals surface area contributed by atoms with Crippen LogP contribution in [0.3, 0.4) is 0 Å². The second kappa shape index (κ2) is 11.6. The molecule has 0 rings (SSSR count). The van der Waals surface area contributed by atoms with Crippen molar-refractivity contribution < 1.29 is 23.9 Å². The molecule has 6 nitrogen and oxygen atoms in total. The fourth-order valence-electron chi connectivity index (χ4n) is 1.28. The van der Waals surface area contributed by atoms with Crippen molar-refractivity contribution in [2.75, 3.05) is 24.7 Å². The average Bonchev–Trinajstić information content (AvgIpc) is 2.41. The highest BCUT2D eigenvalue weighted by Crippen LogP contribution is 2.04. The number of unbranched alkanes of at least 4 members (excludes halogenated alkanes) is 1. The van der Waals surface area contributed by atoms with E-state index in [0.717, 1.165) is 18.6 Å². The number of nitrogens with one attached hydrogen (secondary N) is 1. The van der Waals surface area contributed by atoms with Crippen molar-refractivity contribution in [2.45, 2.75) is 39.7 Å². The number of carbonyl (C=O) groups is 3. The topological polar surface area (TPSA) is 81.7 Å². The zero-order valence-corrected chi connectivity index (χ0v) is 13.1. The summed E-state index contributed by atoms with van der Waals surface area (Å²) in [6, 6.07) is -1.38. The highest BCUT2D eigenvalue weighted by molar-refractivity contribution is 7.99.